The van der Waals surface area contributed by atoms with E-state index in [1.165, 1.54) is 0 Å². The lowest BCUT2D eigenvalue weighted by molar-refractivity contribution is -0.116. The van der Waals surface area contributed by atoms with E-state index in [2.05, 4.69) is 20.8 Å². The van der Waals surface area contributed by atoms with Gasteiger partial charge in [0.1, 0.15) is 0 Å². The summed E-state index contributed by atoms with van der Waals surface area (Å²) in [6, 6.07) is 14.9. The van der Waals surface area contributed by atoms with E-state index < -0.39 is 0 Å². The second kappa shape index (κ2) is 7.79. The molecule has 7 nitrogen and oxygen atoms in total. The van der Waals surface area contributed by atoms with Crippen LogP contribution in [0.5, 0.6) is 0 Å². The molecule has 0 radical (unpaired) electrons. The summed E-state index contributed by atoms with van der Waals surface area (Å²) >= 11 is 0. The summed E-state index contributed by atoms with van der Waals surface area (Å²) in [7, 11) is 3.68. The number of amides is 2. The Kier molecular flexibility index (Phi) is 5.28. The lowest BCUT2D eigenvalue weighted by atomic mass is 10.2. The number of fused-ring (bicyclic) bond motifs is 1. The van der Waals surface area contributed by atoms with Gasteiger partial charge in [-0.3, -0.25) is 14.7 Å². The van der Waals surface area contributed by atoms with Gasteiger partial charge in [-0.15, -0.1) is 0 Å². The van der Waals surface area contributed by atoms with Crippen molar-refractivity contribution in [3.63, 3.8) is 0 Å². The van der Waals surface area contributed by atoms with Crippen molar-refractivity contribution < 1.29 is 9.59 Å². The first kappa shape index (κ1) is 17.6. The molecule has 0 unspecified atom stereocenters. The first-order valence-corrected chi connectivity index (χ1v) is 8.28. The average molecular weight is 351 g/mol. The maximum atomic E-state index is 12.4. The number of aromatic nitrogens is 2. The van der Waals surface area contributed by atoms with Crippen LogP contribution in [0.15, 0.2) is 48.5 Å². The van der Waals surface area contributed by atoms with Crippen molar-refractivity contribution in [2.45, 2.75) is 6.54 Å². The summed E-state index contributed by atoms with van der Waals surface area (Å²) < 4.78 is 0. The summed E-state index contributed by atoms with van der Waals surface area (Å²) in [5.41, 5.74) is 2.79. The normalized spacial score (nSPS) is 10.9. The number of hydrogen-bond acceptors (Lipinski definition) is 4. The molecule has 1 aromatic heterocycles. The highest BCUT2D eigenvalue weighted by Crippen LogP contribution is 2.15. The van der Waals surface area contributed by atoms with E-state index in [9.17, 15) is 9.59 Å². The first-order valence-electron chi connectivity index (χ1n) is 8.28. The Hall–Kier alpha value is -3.19. The van der Waals surface area contributed by atoms with Crippen LogP contribution in [0.1, 0.15) is 16.1 Å². The van der Waals surface area contributed by atoms with Gasteiger partial charge in [-0.2, -0.15) is 5.10 Å². The fraction of sp³-hybridized carbons (Fsp3) is 0.211. The Morgan fingerprint density at radius 1 is 1.12 bits per heavy atom. The number of nitrogens with zero attached hydrogens (tertiary/aromatic N) is 2. The van der Waals surface area contributed by atoms with Gasteiger partial charge in [0.25, 0.3) is 5.91 Å². The van der Waals surface area contributed by atoms with E-state index in [0.717, 1.165) is 16.5 Å². The number of aromatic amines is 1. The lowest BCUT2D eigenvalue weighted by Crippen LogP contribution is -2.27. The van der Waals surface area contributed by atoms with Crippen molar-refractivity contribution in [2.24, 2.45) is 0 Å². The number of nitrogens with one attached hydrogen (secondary N) is 3. The third kappa shape index (κ3) is 4.25. The van der Waals surface area contributed by atoms with Crippen molar-refractivity contribution in [3.8, 4) is 0 Å². The summed E-state index contributed by atoms with van der Waals surface area (Å²) in [5, 5.41) is 13.4. The van der Waals surface area contributed by atoms with E-state index in [1.807, 2.05) is 62.6 Å². The Bertz CT molecular complexity index is 932. The predicted octanol–water partition coefficient (Wildman–Crippen LogP) is 1.99. The maximum absolute atomic E-state index is 12.4. The molecule has 0 saturated carbocycles. The molecule has 3 N–H and O–H groups in total. The van der Waals surface area contributed by atoms with E-state index in [4.69, 9.17) is 0 Å². The molecule has 0 atom stereocenters. The topological polar surface area (TPSA) is 90.1 Å². The molecular formula is C19H21N5O2. The summed E-state index contributed by atoms with van der Waals surface area (Å²) in [6.07, 6.45) is 0. The predicted molar refractivity (Wildman–Crippen MR) is 101 cm³/mol. The molecule has 0 aliphatic heterocycles. The van der Waals surface area contributed by atoms with Crippen molar-refractivity contribution in [1.29, 1.82) is 0 Å². The highest BCUT2D eigenvalue weighted by molar-refractivity contribution is 6.04. The van der Waals surface area contributed by atoms with Crippen LogP contribution in [0.3, 0.4) is 0 Å². The number of H-pyrrole nitrogens is 1. The molecule has 0 aliphatic carbocycles. The molecule has 2 aromatic carbocycles. The van der Waals surface area contributed by atoms with Crippen molar-refractivity contribution in [2.75, 3.05) is 26.0 Å². The largest absolute Gasteiger partial charge is 0.347 e. The molecule has 26 heavy (non-hydrogen) atoms. The van der Waals surface area contributed by atoms with Gasteiger partial charge in [0, 0.05) is 17.6 Å². The molecule has 0 fully saturated rings. The number of likely N-dealkylation sites (N-methyl/N-ethyl adjacent to an activating group) is 1. The zero-order chi connectivity index (χ0) is 18.5. The van der Waals surface area contributed by atoms with Crippen LogP contribution in [0.4, 0.5) is 5.69 Å². The van der Waals surface area contributed by atoms with Gasteiger partial charge in [-0.05, 0) is 37.9 Å². The minimum absolute atomic E-state index is 0.0841. The van der Waals surface area contributed by atoms with Gasteiger partial charge in [0.15, 0.2) is 5.69 Å². The van der Waals surface area contributed by atoms with Crippen LogP contribution in [0.25, 0.3) is 10.9 Å². The minimum Gasteiger partial charge on any atom is -0.347 e. The number of carbonyl (C=O) groups excluding carboxylic acids is 2. The van der Waals surface area contributed by atoms with Gasteiger partial charge < -0.3 is 15.5 Å². The Morgan fingerprint density at radius 2 is 1.92 bits per heavy atom. The Morgan fingerprint density at radius 3 is 2.73 bits per heavy atom. The molecular weight excluding hydrogens is 330 g/mol. The fourth-order valence-corrected chi connectivity index (χ4v) is 2.65. The second-order valence-electron chi connectivity index (χ2n) is 6.29. The van der Waals surface area contributed by atoms with E-state index in [0.29, 0.717) is 24.5 Å². The maximum Gasteiger partial charge on any atom is 0.272 e. The monoisotopic (exact) mass is 351 g/mol. The second-order valence-corrected chi connectivity index (χ2v) is 6.29. The molecule has 7 heteroatoms. The van der Waals surface area contributed by atoms with Gasteiger partial charge >= 0.3 is 0 Å². The molecule has 134 valence electrons. The van der Waals surface area contributed by atoms with Crippen molar-refractivity contribution >= 4 is 28.4 Å². The molecule has 3 aromatic rings. The van der Waals surface area contributed by atoms with Gasteiger partial charge in [-0.1, -0.05) is 30.3 Å². The molecule has 2 amide bonds. The zero-order valence-electron chi connectivity index (χ0n) is 14.7. The highest BCUT2D eigenvalue weighted by Gasteiger charge is 2.13. The van der Waals surface area contributed by atoms with Gasteiger partial charge in [-0.25, -0.2) is 0 Å². The summed E-state index contributed by atoms with van der Waals surface area (Å²) in [4.78, 5) is 26.1. The highest BCUT2D eigenvalue weighted by atomic mass is 16.2. The van der Waals surface area contributed by atoms with Gasteiger partial charge in [0.05, 0.1) is 12.1 Å². The molecule has 3 rings (SSSR count). The van der Waals surface area contributed by atoms with Crippen LogP contribution >= 0.6 is 0 Å². The Balaban J connectivity index is 1.63. The molecule has 0 saturated heterocycles. The number of rotatable bonds is 6. The number of anilines is 1. The minimum atomic E-state index is -0.246. The standard InChI is InChI=1S/C19H21N5O2/c1-24(2)12-17(25)21-14-7-5-6-13(10-14)11-20-19(26)18-15-8-3-4-9-16(15)22-23-18/h3-10H,11-12H2,1-2H3,(H,20,26)(H,21,25)(H,22,23). The van der Waals surface area contributed by atoms with Crippen LogP contribution in [-0.4, -0.2) is 47.6 Å². The quantitative estimate of drug-likeness (QED) is 0.633. The SMILES string of the molecule is CN(C)CC(=O)Nc1cccc(CNC(=O)c2n[nH]c3ccccc23)c1. The first-order chi connectivity index (χ1) is 12.5. The van der Waals surface area contributed by atoms with E-state index in [1.54, 1.807) is 4.90 Å². The molecule has 0 aliphatic rings. The number of para-hydroxylation sites is 1. The van der Waals surface area contributed by atoms with E-state index >= 15 is 0 Å². The number of carbonyl (C=O) groups is 2. The third-order valence-corrected chi connectivity index (χ3v) is 3.81. The molecule has 0 spiro atoms. The van der Waals surface area contributed by atoms with Crippen LogP contribution in [0, 0.1) is 0 Å². The van der Waals surface area contributed by atoms with Crippen LogP contribution in [0.2, 0.25) is 0 Å². The van der Waals surface area contributed by atoms with Gasteiger partial charge in [0.2, 0.25) is 5.91 Å². The summed E-state index contributed by atoms with van der Waals surface area (Å²) in [6.45, 7) is 0.657. The average Bonchev–Trinajstić information content (AvgIpc) is 3.03. The molecule has 1 heterocycles. The lowest BCUT2D eigenvalue weighted by Gasteiger charge is -2.11. The molecule has 0 bridgehead atoms. The third-order valence-electron chi connectivity index (χ3n) is 3.81. The van der Waals surface area contributed by atoms with Crippen molar-refractivity contribution in [3.05, 3.63) is 59.8 Å². The number of benzene rings is 2. The van der Waals surface area contributed by atoms with E-state index in [-0.39, 0.29) is 11.8 Å². The Labute approximate surface area is 151 Å². The van der Waals surface area contributed by atoms with Crippen LogP contribution < -0.4 is 10.6 Å². The zero-order valence-corrected chi connectivity index (χ0v) is 14.7. The smallest absolute Gasteiger partial charge is 0.272 e. The number of hydrogen-bond donors (Lipinski definition) is 3. The van der Waals surface area contributed by atoms with Crippen LogP contribution in [-0.2, 0) is 11.3 Å². The van der Waals surface area contributed by atoms with Crippen molar-refractivity contribution in [1.82, 2.24) is 20.4 Å². The fourth-order valence-electron chi connectivity index (χ4n) is 2.65. The summed E-state index contributed by atoms with van der Waals surface area (Å²) in [5.74, 6) is -0.330.